The van der Waals surface area contributed by atoms with E-state index in [1.165, 1.54) is 5.56 Å². The maximum absolute atomic E-state index is 9.57. The number of aryl methyl sites for hydroxylation is 1. The molecule has 3 aromatic rings. The molecule has 102 valence electrons. The summed E-state index contributed by atoms with van der Waals surface area (Å²) in [6, 6.07) is 9.98. The maximum Gasteiger partial charge on any atom is 0.212 e. The highest BCUT2D eigenvalue weighted by Crippen LogP contribution is 2.33. The molecular weight excluding hydrogens is 252 g/mol. The number of hydrogen-bond donors (Lipinski definition) is 2. The van der Waals surface area contributed by atoms with Crippen LogP contribution in [-0.4, -0.2) is 22.2 Å². The van der Waals surface area contributed by atoms with Crippen LogP contribution in [0.2, 0.25) is 0 Å². The largest absolute Gasteiger partial charge is 0.481 e. The van der Waals surface area contributed by atoms with E-state index in [1.807, 2.05) is 18.2 Å². The average Bonchev–Trinajstić information content (AvgIpc) is 2.85. The molecule has 0 aliphatic heterocycles. The molecule has 0 saturated heterocycles. The average molecular weight is 268 g/mol. The van der Waals surface area contributed by atoms with E-state index in [0.29, 0.717) is 5.88 Å². The van der Waals surface area contributed by atoms with Gasteiger partial charge in [-0.3, -0.25) is 0 Å². The molecule has 3 rings (SSSR count). The highest BCUT2D eigenvalue weighted by atomic mass is 16.5. The van der Waals surface area contributed by atoms with Gasteiger partial charge >= 0.3 is 0 Å². The summed E-state index contributed by atoms with van der Waals surface area (Å²) in [6.07, 6.45) is 1.77. The van der Waals surface area contributed by atoms with E-state index in [-0.39, 0.29) is 6.61 Å². The minimum Gasteiger partial charge on any atom is -0.481 e. The number of aromatic nitrogens is 2. The number of aromatic amines is 1. The van der Waals surface area contributed by atoms with Gasteiger partial charge in [-0.15, -0.1) is 0 Å². The normalized spacial score (nSPS) is 10.9. The van der Waals surface area contributed by atoms with Gasteiger partial charge < -0.3 is 14.8 Å². The topological polar surface area (TPSA) is 58.1 Å². The lowest BCUT2D eigenvalue weighted by Crippen LogP contribution is -1.90. The quantitative estimate of drug-likeness (QED) is 0.767. The third-order valence-corrected chi connectivity index (χ3v) is 3.42. The molecule has 0 fully saturated rings. The van der Waals surface area contributed by atoms with E-state index < -0.39 is 0 Å². The summed E-state index contributed by atoms with van der Waals surface area (Å²) in [6.45, 7) is 2.02. The molecule has 0 unspecified atom stereocenters. The molecule has 4 nitrogen and oxygen atoms in total. The van der Waals surface area contributed by atoms with Crippen molar-refractivity contribution in [3.05, 3.63) is 47.8 Å². The zero-order valence-electron chi connectivity index (χ0n) is 11.5. The molecule has 0 amide bonds. The fraction of sp³-hybridized carbons (Fsp3) is 0.188. The molecule has 0 bridgehead atoms. The number of rotatable bonds is 3. The molecular formula is C16H16N2O2. The van der Waals surface area contributed by atoms with Crippen LogP contribution in [0.15, 0.2) is 36.5 Å². The van der Waals surface area contributed by atoms with Crippen LogP contribution >= 0.6 is 0 Å². The van der Waals surface area contributed by atoms with Gasteiger partial charge in [0.25, 0.3) is 0 Å². The molecule has 0 saturated carbocycles. The number of fused-ring (bicyclic) bond motifs is 1. The molecule has 2 heterocycles. The number of methoxy groups -OCH3 is 1. The van der Waals surface area contributed by atoms with Crippen LogP contribution in [0.4, 0.5) is 0 Å². The Kier molecular flexibility index (Phi) is 3.16. The standard InChI is InChI=1S/C16H16N2O2/c1-10-3-5-13-12(7-10)16(14(9-19)18-13)11-4-6-15(20-2)17-8-11/h3-8,18-19H,9H2,1-2H3. The van der Waals surface area contributed by atoms with Gasteiger partial charge in [0.2, 0.25) is 5.88 Å². The predicted octanol–water partition coefficient (Wildman–Crippen LogP) is 3.04. The predicted molar refractivity (Wildman–Crippen MR) is 78.7 cm³/mol. The van der Waals surface area contributed by atoms with Crippen molar-refractivity contribution in [2.45, 2.75) is 13.5 Å². The Morgan fingerprint density at radius 1 is 1.25 bits per heavy atom. The SMILES string of the molecule is COc1ccc(-c2c(CO)[nH]c3ccc(C)cc23)cn1. The van der Waals surface area contributed by atoms with E-state index in [4.69, 9.17) is 4.74 Å². The van der Waals surface area contributed by atoms with Crippen molar-refractivity contribution in [1.82, 2.24) is 9.97 Å². The smallest absolute Gasteiger partial charge is 0.212 e. The molecule has 0 spiro atoms. The van der Waals surface area contributed by atoms with Gasteiger partial charge in [-0.05, 0) is 25.1 Å². The van der Waals surface area contributed by atoms with Crippen LogP contribution in [0.25, 0.3) is 22.0 Å². The minimum absolute atomic E-state index is 0.0326. The number of ether oxygens (including phenoxy) is 1. The highest BCUT2D eigenvalue weighted by molar-refractivity contribution is 5.97. The van der Waals surface area contributed by atoms with Crippen LogP contribution in [-0.2, 0) is 6.61 Å². The summed E-state index contributed by atoms with van der Waals surface area (Å²) < 4.78 is 5.08. The molecule has 1 aromatic carbocycles. The number of hydrogen-bond acceptors (Lipinski definition) is 3. The second-order valence-corrected chi connectivity index (χ2v) is 4.77. The Hall–Kier alpha value is -2.33. The Labute approximate surface area is 117 Å². The van der Waals surface area contributed by atoms with Crippen molar-refractivity contribution in [1.29, 1.82) is 0 Å². The summed E-state index contributed by atoms with van der Waals surface area (Å²) in [5, 5.41) is 10.7. The number of H-pyrrole nitrogens is 1. The first-order chi connectivity index (χ1) is 9.72. The van der Waals surface area contributed by atoms with Gasteiger partial charge in [0, 0.05) is 40.0 Å². The number of pyridine rings is 1. The maximum atomic E-state index is 9.57. The second kappa shape index (κ2) is 4.98. The van der Waals surface area contributed by atoms with Crippen molar-refractivity contribution in [3.8, 4) is 17.0 Å². The van der Waals surface area contributed by atoms with Crippen molar-refractivity contribution >= 4 is 10.9 Å². The van der Waals surface area contributed by atoms with Crippen LogP contribution in [0.1, 0.15) is 11.3 Å². The zero-order chi connectivity index (χ0) is 14.1. The highest BCUT2D eigenvalue weighted by Gasteiger charge is 2.13. The van der Waals surface area contributed by atoms with Gasteiger partial charge in [0.1, 0.15) is 0 Å². The summed E-state index contributed by atoms with van der Waals surface area (Å²) in [4.78, 5) is 7.50. The molecule has 0 atom stereocenters. The Balaban J connectivity index is 2.24. The molecule has 2 N–H and O–H groups in total. The van der Waals surface area contributed by atoms with Gasteiger partial charge in [-0.1, -0.05) is 11.6 Å². The third-order valence-electron chi connectivity index (χ3n) is 3.42. The van der Waals surface area contributed by atoms with Gasteiger partial charge in [0.05, 0.1) is 13.7 Å². The summed E-state index contributed by atoms with van der Waals surface area (Å²) in [5.41, 5.74) is 4.97. The minimum atomic E-state index is -0.0326. The Bertz CT molecular complexity index is 745. The molecule has 4 heteroatoms. The molecule has 0 aliphatic carbocycles. The van der Waals surface area contributed by atoms with Crippen LogP contribution in [0, 0.1) is 6.92 Å². The van der Waals surface area contributed by atoms with E-state index >= 15 is 0 Å². The molecule has 20 heavy (non-hydrogen) atoms. The van der Waals surface area contributed by atoms with E-state index in [0.717, 1.165) is 27.7 Å². The Morgan fingerprint density at radius 2 is 2.10 bits per heavy atom. The monoisotopic (exact) mass is 268 g/mol. The number of benzene rings is 1. The summed E-state index contributed by atoms with van der Waals surface area (Å²) >= 11 is 0. The molecule has 0 radical (unpaired) electrons. The lowest BCUT2D eigenvalue weighted by molar-refractivity contribution is 0.278. The summed E-state index contributed by atoms with van der Waals surface area (Å²) in [5.74, 6) is 0.579. The number of nitrogens with zero attached hydrogens (tertiary/aromatic N) is 1. The van der Waals surface area contributed by atoms with E-state index in [2.05, 4.69) is 29.0 Å². The van der Waals surface area contributed by atoms with Crippen molar-refractivity contribution in [2.24, 2.45) is 0 Å². The zero-order valence-corrected chi connectivity index (χ0v) is 11.5. The fourth-order valence-electron chi connectivity index (χ4n) is 2.46. The van der Waals surface area contributed by atoms with Gasteiger partial charge in [-0.2, -0.15) is 0 Å². The van der Waals surface area contributed by atoms with E-state index in [1.54, 1.807) is 13.3 Å². The van der Waals surface area contributed by atoms with Crippen molar-refractivity contribution < 1.29 is 9.84 Å². The van der Waals surface area contributed by atoms with Gasteiger partial charge in [0.15, 0.2) is 0 Å². The second-order valence-electron chi connectivity index (χ2n) is 4.77. The van der Waals surface area contributed by atoms with Crippen LogP contribution < -0.4 is 4.74 Å². The van der Waals surface area contributed by atoms with Crippen LogP contribution in [0.5, 0.6) is 5.88 Å². The molecule has 0 aliphatic rings. The molecule has 2 aromatic heterocycles. The third kappa shape index (κ3) is 2.04. The van der Waals surface area contributed by atoms with E-state index in [9.17, 15) is 5.11 Å². The lowest BCUT2D eigenvalue weighted by Gasteiger charge is -2.04. The van der Waals surface area contributed by atoms with Gasteiger partial charge in [-0.25, -0.2) is 4.98 Å². The first kappa shape index (κ1) is 12.7. The first-order valence-corrected chi connectivity index (χ1v) is 6.45. The van der Waals surface area contributed by atoms with Crippen molar-refractivity contribution in [3.63, 3.8) is 0 Å². The Morgan fingerprint density at radius 3 is 2.75 bits per heavy atom. The number of aliphatic hydroxyl groups excluding tert-OH is 1. The number of nitrogens with one attached hydrogen (secondary N) is 1. The first-order valence-electron chi connectivity index (χ1n) is 6.45. The fourth-order valence-corrected chi connectivity index (χ4v) is 2.46. The van der Waals surface area contributed by atoms with Crippen molar-refractivity contribution in [2.75, 3.05) is 7.11 Å². The summed E-state index contributed by atoms with van der Waals surface area (Å²) in [7, 11) is 1.59. The number of aliphatic hydroxyl groups is 1. The lowest BCUT2D eigenvalue weighted by atomic mass is 10.0. The van der Waals surface area contributed by atoms with Crippen LogP contribution in [0.3, 0.4) is 0 Å².